The summed E-state index contributed by atoms with van der Waals surface area (Å²) < 4.78 is 17.1. The highest BCUT2D eigenvalue weighted by atomic mass is 19.1. The largest absolute Gasteiger partial charge is 0.383 e. The molecule has 3 aromatic rings. The van der Waals surface area contributed by atoms with E-state index in [9.17, 15) is 9.59 Å². The third kappa shape index (κ3) is 3.92. The lowest BCUT2D eigenvalue weighted by Gasteiger charge is -2.28. The molecule has 3 aliphatic rings. The Kier molecular flexibility index (Phi) is 5.46. The fourth-order valence-corrected chi connectivity index (χ4v) is 5.21. The Balaban J connectivity index is 1.37. The number of carbonyl (C=O) groups excluding carboxylic acids is 2. The van der Waals surface area contributed by atoms with E-state index >= 15 is 4.39 Å². The molecule has 0 unspecified atom stereocenters. The van der Waals surface area contributed by atoms with E-state index in [1.54, 1.807) is 17.3 Å². The van der Waals surface area contributed by atoms with Gasteiger partial charge in [-0.2, -0.15) is 0 Å². The molecule has 10 heteroatoms. The second-order valence-corrected chi connectivity index (χ2v) is 9.71. The van der Waals surface area contributed by atoms with E-state index < -0.39 is 11.9 Å². The standard InChI is InChI=1S/C27H26FN7O2/c1-3-24(37)33-9-8-18(13-33)35-26-19(15(2)36)12-30-27(29)25(26)21(32-35)7-4-16-10-22-23(11-20(16)28)34(14-31-22)17-5-6-17/h3,10-12,14,17-18,21,32H,1,5-6,8-9,13H2,2H3,(H2,29,30)/t18-,21-/m0/s1. The number of fused-ring (bicyclic) bond motifs is 2. The van der Waals surface area contributed by atoms with Crippen LogP contribution in [-0.2, 0) is 4.79 Å². The van der Waals surface area contributed by atoms with Crippen LogP contribution >= 0.6 is 0 Å². The lowest BCUT2D eigenvalue weighted by molar-refractivity contribution is -0.125. The molecule has 1 aromatic carbocycles. The Hall–Kier alpha value is -4.23. The number of hydrazine groups is 1. The summed E-state index contributed by atoms with van der Waals surface area (Å²) in [6.45, 7) is 6.06. The molecule has 2 fully saturated rings. The van der Waals surface area contributed by atoms with Crippen LogP contribution in [0.3, 0.4) is 0 Å². The van der Waals surface area contributed by atoms with Crippen LogP contribution in [0.5, 0.6) is 0 Å². The van der Waals surface area contributed by atoms with E-state index in [0.29, 0.717) is 47.9 Å². The molecule has 0 radical (unpaired) electrons. The molecule has 9 nitrogen and oxygen atoms in total. The summed E-state index contributed by atoms with van der Waals surface area (Å²) in [7, 11) is 0. The number of imidazole rings is 1. The minimum absolute atomic E-state index is 0.117. The first-order chi connectivity index (χ1) is 17.9. The quantitative estimate of drug-likeness (QED) is 0.323. The molecule has 1 amide bonds. The van der Waals surface area contributed by atoms with E-state index in [2.05, 4.69) is 33.8 Å². The first-order valence-corrected chi connectivity index (χ1v) is 12.3. The number of nitrogens with zero attached hydrogens (tertiary/aromatic N) is 5. The van der Waals surface area contributed by atoms with Crippen LogP contribution < -0.4 is 16.2 Å². The number of anilines is 2. The number of amides is 1. The Morgan fingerprint density at radius 3 is 2.78 bits per heavy atom. The van der Waals surface area contributed by atoms with Crippen LogP contribution in [0.4, 0.5) is 15.9 Å². The summed E-state index contributed by atoms with van der Waals surface area (Å²) in [4.78, 5) is 35.0. The van der Waals surface area contributed by atoms with E-state index in [1.165, 1.54) is 25.3 Å². The van der Waals surface area contributed by atoms with Crippen molar-refractivity contribution in [2.24, 2.45) is 0 Å². The number of nitrogens with one attached hydrogen (secondary N) is 1. The van der Waals surface area contributed by atoms with Gasteiger partial charge >= 0.3 is 0 Å². The fraction of sp³-hybridized carbons (Fsp3) is 0.333. The molecular weight excluding hydrogens is 473 g/mol. The van der Waals surface area contributed by atoms with Crippen LogP contribution in [-0.4, -0.2) is 50.3 Å². The number of carbonyl (C=O) groups is 2. The molecular formula is C27H26FN7O2. The number of pyridine rings is 1. The Morgan fingerprint density at radius 2 is 2.05 bits per heavy atom. The van der Waals surface area contributed by atoms with Gasteiger partial charge in [0.15, 0.2) is 5.78 Å². The predicted molar refractivity (Wildman–Crippen MR) is 137 cm³/mol. The number of hydrogen-bond donors (Lipinski definition) is 2. The van der Waals surface area contributed by atoms with Crippen molar-refractivity contribution in [2.45, 2.75) is 44.3 Å². The summed E-state index contributed by atoms with van der Waals surface area (Å²) in [5.41, 5.74) is 12.9. The maximum Gasteiger partial charge on any atom is 0.246 e. The molecule has 1 saturated carbocycles. The summed E-state index contributed by atoms with van der Waals surface area (Å²) in [5.74, 6) is 5.57. The van der Waals surface area contributed by atoms with Gasteiger partial charge in [-0.15, -0.1) is 0 Å². The highest BCUT2D eigenvalue weighted by Gasteiger charge is 2.40. The van der Waals surface area contributed by atoms with Gasteiger partial charge in [0.05, 0.1) is 45.8 Å². The molecule has 0 bridgehead atoms. The van der Waals surface area contributed by atoms with Gasteiger partial charge in [-0.05, 0) is 38.3 Å². The Labute approximate surface area is 213 Å². The second kappa shape index (κ2) is 8.71. The third-order valence-electron chi connectivity index (χ3n) is 7.27. The molecule has 3 N–H and O–H groups in total. The molecule has 0 spiro atoms. The molecule has 4 heterocycles. The van der Waals surface area contributed by atoms with Crippen molar-refractivity contribution in [1.29, 1.82) is 0 Å². The van der Waals surface area contributed by atoms with Crippen molar-refractivity contribution in [3.63, 3.8) is 0 Å². The first-order valence-electron chi connectivity index (χ1n) is 12.3. The number of aromatic nitrogens is 3. The lowest BCUT2D eigenvalue weighted by Crippen LogP contribution is -2.45. The summed E-state index contributed by atoms with van der Waals surface area (Å²) >= 11 is 0. The highest BCUT2D eigenvalue weighted by Crippen LogP contribution is 2.41. The SMILES string of the molecule is C=CC(=O)N1CC[C@H](N2N[C@@H](C#Cc3cc4ncn(C5CC5)c4cc3F)c3c(N)ncc(C(C)=O)c32)C1. The van der Waals surface area contributed by atoms with Gasteiger partial charge in [0, 0.05) is 31.4 Å². The van der Waals surface area contributed by atoms with E-state index in [1.807, 2.05) is 9.58 Å². The zero-order valence-electron chi connectivity index (χ0n) is 20.4. The number of Topliss-reactive ketones (excluding diaryl/α,β-unsaturated/α-hetero) is 1. The van der Waals surface area contributed by atoms with E-state index in [-0.39, 0.29) is 29.1 Å². The summed E-state index contributed by atoms with van der Waals surface area (Å²) in [5, 5.41) is 1.87. The van der Waals surface area contributed by atoms with Crippen LogP contribution in [0, 0.1) is 17.7 Å². The topological polar surface area (TPSA) is 109 Å². The van der Waals surface area contributed by atoms with Crippen molar-refractivity contribution in [2.75, 3.05) is 23.8 Å². The third-order valence-corrected chi connectivity index (χ3v) is 7.27. The lowest BCUT2D eigenvalue weighted by atomic mass is 10.0. The van der Waals surface area contributed by atoms with Crippen molar-refractivity contribution >= 4 is 34.2 Å². The van der Waals surface area contributed by atoms with Gasteiger partial charge in [0.25, 0.3) is 0 Å². The smallest absolute Gasteiger partial charge is 0.246 e. The van der Waals surface area contributed by atoms with Gasteiger partial charge in [0.2, 0.25) is 5.91 Å². The number of hydrogen-bond acceptors (Lipinski definition) is 7. The number of benzene rings is 1. The monoisotopic (exact) mass is 499 g/mol. The van der Waals surface area contributed by atoms with E-state index in [0.717, 1.165) is 18.4 Å². The average molecular weight is 500 g/mol. The number of likely N-dealkylation sites (tertiary alicyclic amines) is 1. The Morgan fingerprint density at radius 1 is 1.24 bits per heavy atom. The van der Waals surface area contributed by atoms with Gasteiger partial charge in [-0.1, -0.05) is 18.4 Å². The number of nitrogens with two attached hydrogens (primary N) is 1. The van der Waals surface area contributed by atoms with E-state index in [4.69, 9.17) is 5.73 Å². The highest BCUT2D eigenvalue weighted by molar-refractivity contribution is 6.01. The molecule has 188 valence electrons. The van der Waals surface area contributed by atoms with Crippen LogP contribution in [0.25, 0.3) is 11.0 Å². The van der Waals surface area contributed by atoms with Gasteiger partial charge < -0.3 is 20.2 Å². The second-order valence-electron chi connectivity index (χ2n) is 9.71. The fourth-order valence-electron chi connectivity index (χ4n) is 5.21. The van der Waals surface area contributed by atoms with Crippen molar-refractivity contribution in [3.05, 3.63) is 59.8 Å². The molecule has 2 atom stereocenters. The van der Waals surface area contributed by atoms with Crippen LogP contribution in [0.15, 0.2) is 37.3 Å². The van der Waals surface area contributed by atoms with Gasteiger partial charge in [0.1, 0.15) is 17.7 Å². The summed E-state index contributed by atoms with van der Waals surface area (Å²) in [6.07, 6.45) is 7.35. The Bertz CT molecular complexity index is 1530. The van der Waals surface area contributed by atoms with Crippen molar-refractivity contribution < 1.29 is 14.0 Å². The molecule has 37 heavy (non-hydrogen) atoms. The number of rotatable bonds is 4. The van der Waals surface area contributed by atoms with Crippen LogP contribution in [0.2, 0.25) is 0 Å². The number of nitrogen functional groups attached to an aromatic ring is 1. The average Bonchev–Trinajstić information content (AvgIpc) is 3.28. The number of halogens is 1. The van der Waals surface area contributed by atoms with Crippen molar-refractivity contribution in [1.82, 2.24) is 24.9 Å². The van der Waals surface area contributed by atoms with Crippen molar-refractivity contribution in [3.8, 4) is 11.8 Å². The molecule has 6 rings (SSSR count). The zero-order valence-corrected chi connectivity index (χ0v) is 20.4. The molecule has 2 aliphatic heterocycles. The van der Waals surface area contributed by atoms with Gasteiger partial charge in [-0.25, -0.2) is 19.8 Å². The van der Waals surface area contributed by atoms with Gasteiger partial charge in [-0.3, -0.25) is 9.59 Å². The molecule has 1 aliphatic carbocycles. The maximum atomic E-state index is 15.1. The molecule has 1 saturated heterocycles. The molecule has 2 aromatic heterocycles. The minimum atomic E-state index is -0.620. The first kappa shape index (κ1) is 23.2. The maximum absolute atomic E-state index is 15.1. The van der Waals surface area contributed by atoms with Crippen LogP contribution in [0.1, 0.15) is 59.8 Å². The minimum Gasteiger partial charge on any atom is -0.383 e. The predicted octanol–water partition coefficient (Wildman–Crippen LogP) is 2.89. The normalized spacial score (nSPS) is 20.6. The number of ketones is 1. The summed E-state index contributed by atoms with van der Waals surface area (Å²) in [6, 6.07) is 2.80. The zero-order chi connectivity index (χ0) is 25.8.